The number of halogens is 4. The molecule has 1 amide bonds. The first kappa shape index (κ1) is 19.1. The zero-order chi connectivity index (χ0) is 14.5. The lowest BCUT2D eigenvalue weighted by Gasteiger charge is -2.18. The Morgan fingerprint density at radius 1 is 1.45 bits per heavy atom. The van der Waals surface area contributed by atoms with Crippen LogP contribution in [-0.2, 0) is 4.79 Å². The molecule has 20 heavy (non-hydrogen) atoms. The zero-order valence-electron chi connectivity index (χ0n) is 10.7. The molecule has 0 spiro atoms. The summed E-state index contributed by atoms with van der Waals surface area (Å²) in [7, 11) is 0. The average molecular weight is 374 g/mol. The molecule has 1 aromatic carbocycles. The Bertz CT molecular complexity index is 432. The van der Waals surface area contributed by atoms with Gasteiger partial charge in [-0.1, -0.05) is 15.9 Å². The molecule has 1 atom stereocenters. The molecular formula is C12H16BrClF2N2O2. The van der Waals surface area contributed by atoms with Gasteiger partial charge in [0, 0.05) is 4.47 Å². The van der Waals surface area contributed by atoms with E-state index in [1.165, 1.54) is 6.92 Å². The second kappa shape index (κ2) is 8.39. The third kappa shape index (κ3) is 6.49. The molecular weight excluding hydrogens is 357 g/mol. The SMILES string of the molecule is CC(Oc1ccc(Br)cc1)C(=O)NCC(F)(F)CN.Cl. The van der Waals surface area contributed by atoms with Crippen molar-refractivity contribution in [3.05, 3.63) is 28.7 Å². The molecule has 3 N–H and O–H groups in total. The summed E-state index contributed by atoms with van der Waals surface area (Å²) in [6, 6.07) is 6.84. The number of carbonyl (C=O) groups excluding carboxylic acids is 1. The Kier molecular flexibility index (Phi) is 8.00. The molecule has 0 aliphatic carbocycles. The summed E-state index contributed by atoms with van der Waals surface area (Å²) >= 11 is 3.27. The first-order chi connectivity index (χ1) is 8.84. The molecule has 0 radical (unpaired) electrons. The van der Waals surface area contributed by atoms with Gasteiger partial charge in [0.15, 0.2) is 6.10 Å². The first-order valence-corrected chi connectivity index (χ1v) is 6.41. The fraction of sp³-hybridized carbons (Fsp3) is 0.417. The first-order valence-electron chi connectivity index (χ1n) is 5.62. The maximum absolute atomic E-state index is 12.9. The molecule has 0 heterocycles. The van der Waals surface area contributed by atoms with Crippen LogP contribution in [0.2, 0.25) is 0 Å². The van der Waals surface area contributed by atoms with Crippen LogP contribution in [-0.4, -0.2) is 31.0 Å². The van der Waals surface area contributed by atoms with Crippen molar-refractivity contribution in [1.82, 2.24) is 5.32 Å². The summed E-state index contributed by atoms with van der Waals surface area (Å²) in [5.74, 6) is -3.24. The Labute approximate surface area is 130 Å². The summed E-state index contributed by atoms with van der Waals surface area (Å²) in [6.45, 7) is -0.121. The summed E-state index contributed by atoms with van der Waals surface area (Å²) < 4.78 is 31.9. The monoisotopic (exact) mass is 372 g/mol. The molecule has 0 bridgehead atoms. The lowest BCUT2D eigenvalue weighted by Crippen LogP contribution is -2.45. The normalized spacial score (nSPS) is 12.2. The predicted octanol–water partition coefficient (Wildman–Crippen LogP) is 2.35. The van der Waals surface area contributed by atoms with E-state index in [0.717, 1.165) is 4.47 Å². The zero-order valence-corrected chi connectivity index (χ0v) is 13.1. The number of benzene rings is 1. The molecule has 1 rings (SSSR count). The molecule has 0 aliphatic rings. The van der Waals surface area contributed by atoms with Crippen molar-refractivity contribution in [1.29, 1.82) is 0 Å². The van der Waals surface area contributed by atoms with Gasteiger partial charge >= 0.3 is 0 Å². The number of alkyl halides is 2. The highest BCUT2D eigenvalue weighted by molar-refractivity contribution is 9.10. The van der Waals surface area contributed by atoms with Gasteiger partial charge in [0.05, 0.1) is 13.1 Å². The number of carbonyl (C=O) groups is 1. The number of hydrogen-bond acceptors (Lipinski definition) is 3. The summed E-state index contributed by atoms with van der Waals surface area (Å²) in [4.78, 5) is 11.6. The molecule has 0 fully saturated rings. The van der Waals surface area contributed by atoms with E-state index in [1.54, 1.807) is 24.3 Å². The molecule has 4 nitrogen and oxygen atoms in total. The Hall–Kier alpha value is -0.920. The highest BCUT2D eigenvalue weighted by atomic mass is 79.9. The second-order valence-corrected chi connectivity index (χ2v) is 4.91. The average Bonchev–Trinajstić information content (AvgIpc) is 2.38. The van der Waals surface area contributed by atoms with E-state index in [1.807, 2.05) is 0 Å². The quantitative estimate of drug-likeness (QED) is 0.804. The predicted molar refractivity (Wildman–Crippen MR) is 78.5 cm³/mol. The van der Waals surface area contributed by atoms with E-state index >= 15 is 0 Å². The summed E-state index contributed by atoms with van der Waals surface area (Å²) in [5.41, 5.74) is 4.87. The summed E-state index contributed by atoms with van der Waals surface area (Å²) in [5, 5.41) is 2.10. The van der Waals surface area contributed by atoms with Crippen LogP contribution in [0.15, 0.2) is 28.7 Å². The molecule has 1 unspecified atom stereocenters. The van der Waals surface area contributed by atoms with E-state index < -0.39 is 31.0 Å². The van der Waals surface area contributed by atoms with Crippen molar-refractivity contribution in [2.45, 2.75) is 19.0 Å². The van der Waals surface area contributed by atoms with Crippen LogP contribution < -0.4 is 15.8 Å². The van der Waals surface area contributed by atoms with Crippen LogP contribution in [0, 0.1) is 0 Å². The van der Waals surface area contributed by atoms with Crippen molar-refractivity contribution >= 4 is 34.2 Å². The number of rotatable bonds is 6. The van der Waals surface area contributed by atoms with Gasteiger partial charge in [-0.2, -0.15) is 0 Å². The van der Waals surface area contributed by atoms with E-state index in [-0.39, 0.29) is 12.4 Å². The highest BCUT2D eigenvalue weighted by Crippen LogP contribution is 2.17. The number of ether oxygens (including phenoxy) is 1. The molecule has 1 aromatic rings. The van der Waals surface area contributed by atoms with E-state index in [0.29, 0.717) is 5.75 Å². The van der Waals surface area contributed by atoms with Gasteiger partial charge in [-0.05, 0) is 31.2 Å². The maximum Gasteiger partial charge on any atom is 0.277 e. The van der Waals surface area contributed by atoms with Gasteiger partial charge in [-0.15, -0.1) is 12.4 Å². The molecule has 0 aromatic heterocycles. The van der Waals surface area contributed by atoms with Crippen LogP contribution in [0.25, 0.3) is 0 Å². The topological polar surface area (TPSA) is 64.3 Å². The minimum atomic E-state index is -3.10. The minimum absolute atomic E-state index is 0. The number of nitrogens with two attached hydrogens (primary N) is 1. The van der Waals surface area contributed by atoms with Gasteiger partial charge < -0.3 is 15.8 Å². The van der Waals surface area contributed by atoms with Gasteiger partial charge in [0.1, 0.15) is 5.75 Å². The van der Waals surface area contributed by atoms with Crippen LogP contribution in [0.5, 0.6) is 5.75 Å². The van der Waals surface area contributed by atoms with Gasteiger partial charge in [0.25, 0.3) is 11.8 Å². The molecule has 0 aliphatic heterocycles. The van der Waals surface area contributed by atoms with Crippen molar-refractivity contribution in [3.63, 3.8) is 0 Å². The Morgan fingerprint density at radius 2 is 2.00 bits per heavy atom. The van der Waals surface area contributed by atoms with Crippen molar-refractivity contribution in [3.8, 4) is 5.75 Å². The highest BCUT2D eigenvalue weighted by Gasteiger charge is 2.28. The lowest BCUT2D eigenvalue weighted by molar-refractivity contribution is -0.129. The second-order valence-electron chi connectivity index (χ2n) is 3.99. The minimum Gasteiger partial charge on any atom is -0.481 e. The smallest absolute Gasteiger partial charge is 0.277 e. The number of nitrogens with one attached hydrogen (secondary N) is 1. The molecule has 0 saturated heterocycles. The van der Waals surface area contributed by atoms with Crippen LogP contribution in [0.1, 0.15) is 6.92 Å². The molecule has 8 heteroatoms. The fourth-order valence-electron chi connectivity index (χ4n) is 1.20. The third-order valence-electron chi connectivity index (χ3n) is 2.32. The fourth-order valence-corrected chi connectivity index (χ4v) is 1.47. The van der Waals surface area contributed by atoms with E-state index in [2.05, 4.69) is 21.2 Å². The number of hydrogen-bond donors (Lipinski definition) is 2. The van der Waals surface area contributed by atoms with Gasteiger partial charge in [-0.25, -0.2) is 8.78 Å². The van der Waals surface area contributed by atoms with E-state index in [9.17, 15) is 13.6 Å². The van der Waals surface area contributed by atoms with Crippen LogP contribution >= 0.6 is 28.3 Å². The Morgan fingerprint density at radius 3 is 2.50 bits per heavy atom. The van der Waals surface area contributed by atoms with Crippen LogP contribution in [0.3, 0.4) is 0 Å². The standard InChI is InChI=1S/C12H15BrF2N2O2.ClH/c1-8(11(18)17-7-12(14,15)6-16)19-10-4-2-9(13)3-5-10;/h2-5,8H,6-7,16H2,1H3,(H,17,18);1H. The third-order valence-corrected chi connectivity index (χ3v) is 2.84. The van der Waals surface area contributed by atoms with Crippen molar-refractivity contribution in [2.75, 3.05) is 13.1 Å². The Balaban J connectivity index is 0.00000361. The maximum atomic E-state index is 12.9. The van der Waals surface area contributed by atoms with E-state index in [4.69, 9.17) is 10.5 Å². The van der Waals surface area contributed by atoms with Gasteiger partial charge in [-0.3, -0.25) is 4.79 Å². The summed E-state index contributed by atoms with van der Waals surface area (Å²) in [6.07, 6.45) is -0.866. The van der Waals surface area contributed by atoms with Crippen molar-refractivity contribution in [2.24, 2.45) is 5.73 Å². The van der Waals surface area contributed by atoms with Gasteiger partial charge in [0.2, 0.25) is 0 Å². The van der Waals surface area contributed by atoms with Crippen LogP contribution in [0.4, 0.5) is 8.78 Å². The lowest BCUT2D eigenvalue weighted by atomic mass is 10.3. The largest absolute Gasteiger partial charge is 0.481 e. The molecule has 114 valence electrons. The number of amides is 1. The molecule has 0 saturated carbocycles. The van der Waals surface area contributed by atoms with Crippen molar-refractivity contribution < 1.29 is 18.3 Å².